The van der Waals surface area contributed by atoms with E-state index in [1.807, 2.05) is 25.3 Å². The quantitative estimate of drug-likeness (QED) is 0.876. The predicted octanol–water partition coefficient (Wildman–Crippen LogP) is 2.25. The summed E-state index contributed by atoms with van der Waals surface area (Å²) >= 11 is 0. The van der Waals surface area contributed by atoms with Crippen LogP contribution < -0.4 is 11.1 Å². The topological polar surface area (TPSA) is 76.7 Å². The summed E-state index contributed by atoms with van der Waals surface area (Å²) in [7, 11) is 0. The highest BCUT2D eigenvalue weighted by Gasteiger charge is 2.27. The molecule has 5 nitrogen and oxygen atoms in total. The lowest BCUT2D eigenvalue weighted by Crippen LogP contribution is -2.09. The van der Waals surface area contributed by atoms with E-state index in [9.17, 15) is 0 Å². The van der Waals surface area contributed by atoms with Crippen LogP contribution in [0.3, 0.4) is 0 Å². The molecule has 0 radical (unpaired) electrons. The number of nitrogens with two attached hydrogens (primary N) is 1. The van der Waals surface area contributed by atoms with Crippen molar-refractivity contribution in [2.45, 2.75) is 32.2 Å². The third-order valence-corrected chi connectivity index (χ3v) is 3.33. The Morgan fingerprint density at radius 1 is 1.37 bits per heavy atom. The number of pyridine rings is 1. The lowest BCUT2D eigenvalue weighted by molar-refractivity contribution is 0.916. The molecule has 1 fully saturated rings. The SMILES string of the molecule is Cc1c(N)nc(C2CC2)nc1NCc1cccnc1. The van der Waals surface area contributed by atoms with Gasteiger partial charge in [0.05, 0.1) is 0 Å². The second-order valence-corrected chi connectivity index (χ2v) is 4.93. The van der Waals surface area contributed by atoms with Gasteiger partial charge in [0.2, 0.25) is 0 Å². The van der Waals surface area contributed by atoms with E-state index in [-0.39, 0.29) is 0 Å². The molecular weight excluding hydrogens is 238 g/mol. The van der Waals surface area contributed by atoms with Gasteiger partial charge >= 0.3 is 0 Å². The standard InChI is InChI=1S/C14H17N5/c1-9-12(15)18-14(11-4-5-11)19-13(9)17-8-10-3-2-6-16-7-10/h2-3,6-7,11H,4-5,8H2,1H3,(H3,15,17,18,19). The fourth-order valence-electron chi connectivity index (χ4n) is 1.94. The Labute approximate surface area is 112 Å². The van der Waals surface area contributed by atoms with Gasteiger partial charge in [-0.3, -0.25) is 4.98 Å². The van der Waals surface area contributed by atoms with Gasteiger partial charge in [0.1, 0.15) is 17.5 Å². The molecular formula is C14H17N5. The smallest absolute Gasteiger partial charge is 0.136 e. The van der Waals surface area contributed by atoms with Crippen molar-refractivity contribution >= 4 is 11.6 Å². The van der Waals surface area contributed by atoms with Crippen LogP contribution in [-0.2, 0) is 6.54 Å². The summed E-state index contributed by atoms with van der Waals surface area (Å²) in [6, 6.07) is 3.95. The minimum Gasteiger partial charge on any atom is -0.383 e. The van der Waals surface area contributed by atoms with E-state index < -0.39 is 0 Å². The summed E-state index contributed by atoms with van der Waals surface area (Å²) in [6.07, 6.45) is 5.95. The van der Waals surface area contributed by atoms with Gasteiger partial charge in [-0.1, -0.05) is 6.07 Å². The highest BCUT2D eigenvalue weighted by molar-refractivity contribution is 5.55. The number of aromatic nitrogens is 3. The van der Waals surface area contributed by atoms with E-state index in [0.717, 1.165) is 22.8 Å². The zero-order valence-corrected chi connectivity index (χ0v) is 10.9. The van der Waals surface area contributed by atoms with Crippen LogP contribution in [-0.4, -0.2) is 15.0 Å². The highest BCUT2D eigenvalue weighted by atomic mass is 15.1. The van der Waals surface area contributed by atoms with Crippen LogP contribution in [0.5, 0.6) is 0 Å². The molecule has 1 aliphatic rings. The minimum atomic E-state index is 0.502. The summed E-state index contributed by atoms with van der Waals surface area (Å²) in [5.41, 5.74) is 7.98. The largest absolute Gasteiger partial charge is 0.383 e. The van der Waals surface area contributed by atoms with Crippen LogP contribution in [0, 0.1) is 6.92 Å². The van der Waals surface area contributed by atoms with E-state index in [2.05, 4.69) is 20.3 Å². The minimum absolute atomic E-state index is 0.502. The van der Waals surface area contributed by atoms with Crippen LogP contribution in [0.15, 0.2) is 24.5 Å². The van der Waals surface area contributed by atoms with Gasteiger partial charge in [0, 0.05) is 30.4 Å². The first-order valence-corrected chi connectivity index (χ1v) is 6.51. The average molecular weight is 255 g/mol. The van der Waals surface area contributed by atoms with Crippen molar-refractivity contribution in [2.24, 2.45) is 0 Å². The summed E-state index contributed by atoms with van der Waals surface area (Å²) in [4.78, 5) is 13.0. The first-order valence-electron chi connectivity index (χ1n) is 6.51. The fraction of sp³-hybridized carbons (Fsp3) is 0.357. The molecule has 5 heteroatoms. The number of anilines is 2. The molecule has 0 saturated heterocycles. The third-order valence-electron chi connectivity index (χ3n) is 3.33. The zero-order valence-electron chi connectivity index (χ0n) is 10.9. The van der Waals surface area contributed by atoms with Crippen LogP contribution in [0.1, 0.15) is 35.7 Å². The second-order valence-electron chi connectivity index (χ2n) is 4.93. The van der Waals surface area contributed by atoms with Crippen molar-refractivity contribution in [1.29, 1.82) is 0 Å². The molecule has 0 spiro atoms. The van der Waals surface area contributed by atoms with Crippen molar-refractivity contribution in [3.05, 3.63) is 41.5 Å². The molecule has 2 aromatic rings. The first kappa shape index (κ1) is 11.9. The first-order chi connectivity index (χ1) is 9.24. The van der Waals surface area contributed by atoms with Gasteiger partial charge < -0.3 is 11.1 Å². The van der Waals surface area contributed by atoms with Gasteiger partial charge in [0.25, 0.3) is 0 Å². The summed E-state index contributed by atoms with van der Waals surface area (Å²) in [6.45, 7) is 2.63. The van der Waals surface area contributed by atoms with Crippen molar-refractivity contribution in [1.82, 2.24) is 15.0 Å². The Hall–Kier alpha value is -2.17. The number of rotatable bonds is 4. The normalized spacial score (nSPS) is 14.4. The van der Waals surface area contributed by atoms with Gasteiger partial charge in [-0.05, 0) is 31.4 Å². The van der Waals surface area contributed by atoms with E-state index in [0.29, 0.717) is 18.3 Å². The number of nitrogen functional groups attached to an aromatic ring is 1. The molecule has 0 amide bonds. The van der Waals surface area contributed by atoms with E-state index in [4.69, 9.17) is 5.73 Å². The molecule has 0 atom stereocenters. The Bertz CT molecular complexity index is 578. The van der Waals surface area contributed by atoms with Crippen molar-refractivity contribution in [3.8, 4) is 0 Å². The number of nitrogens with one attached hydrogen (secondary N) is 1. The molecule has 1 saturated carbocycles. The van der Waals surface area contributed by atoms with Gasteiger partial charge in [-0.15, -0.1) is 0 Å². The molecule has 19 heavy (non-hydrogen) atoms. The van der Waals surface area contributed by atoms with E-state index in [1.54, 1.807) is 6.20 Å². The lowest BCUT2D eigenvalue weighted by atomic mass is 10.2. The molecule has 0 bridgehead atoms. The van der Waals surface area contributed by atoms with E-state index >= 15 is 0 Å². The Balaban J connectivity index is 1.79. The Morgan fingerprint density at radius 3 is 2.89 bits per heavy atom. The van der Waals surface area contributed by atoms with Gasteiger partial charge in [-0.25, -0.2) is 9.97 Å². The summed E-state index contributed by atoms with van der Waals surface area (Å²) in [5, 5.41) is 3.32. The molecule has 1 aliphatic carbocycles. The van der Waals surface area contributed by atoms with Gasteiger partial charge in [-0.2, -0.15) is 0 Å². The molecule has 3 rings (SSSR count). The molecule has 0 aliphatic heterocycles. The molecule has 0 aromatic carbocycles. The number of hydrogen-bond acceptors (Lipinski definition) is 5. The summed E-state index contributed by atoms with van der Waals surface area (Å²) in [5.74, 6) is 2.78. The predicted molar refractivity (Wildman–Crippen MR) is 74.7 cm³/mol. The average Bonchev–Trinajstić information content (AvgIpc) is 3.26. The maximum Gasteiger partial charge on any atom is 0.136 e. The molecule has 98 valence electrons. The number of hydrogen-bond donors (Lipinski definition) is 2. The monoisotopic (exact) mass is 255 g/mol. The Kier molecular flexibility index (Phi) is 3.03. The highest BCUT2D eigenvalue weighted by Crippen LogP contribution is 2.39. The molecule has 2 aromatic heterocycles. The summed E-state index contributed by atoms with van der Waals surface area (Å²) < 4.78 is 0. The Morgan fingerprint density at radius 2 is 2.21 bits per heavy atom. The fourth-order valence-corrected chi connectivity index (χ4v) is 1.94. The van der Waals surface area contributed by atoms with Crippen molar-refractivity contribution in [2.75, 3.05) is 11.1 Å². The third kappa shape index (κ3) is 2.65. The number of nitrogens with zero attached hydrogens (tertiary/aromatic N) is 3. The van der Waals surface area contributed by atoms with E-state index in [1.165, 1.54) is 12.8 Å². The molecule has 0 unspecified atom stereocenters. The van der Waals surface area contributed by atoms with Crippen LogP contribution in [0.25, 0.3) is 0 Å². The zero-order chi connectivity index (χ0) is 13.2. The molecule has 2 heterocycles. The maximum absolute atomic E-state index is 5.95. The second kappa shape index (κ2) is 4.84. The van der Waals surface area contributed by atoms with Crippen LogP contribution in [0.4, 0.5) is 11.6 Å². The lowest BCUT2D eigenvalue weighted by Gasteiger charge is -2.11. The van der Waals surface area contributed by atoms with Gasteiger partial charge in [0.15, 0.2) is 0 Å². The maximum atomic E-state index is 5.95. The molecule has 3 N–H and O–H groups in total. The van der Waals surface area contributed by atoms with Crippen molar-refractivity contribution < 1.29 is 0 Å². The van der Waals surface area contributed by atoms with Crippen LogP contribution >= 0.6 is 0 Å². The van der Waals surface area contributed by atoms with Crippen LogP contribution in [0.2, 0.25) is 0 Å². The van der Waals surface area contributed by atoms with Crippen molar-refractivity contribution in [3.63, 3.8) is 0 Å².